The van der Waals surface area contributed by atoms with Gasteiger partial charge in [0.1, 0.15) is 0 Å². The third kappa shape index (κ3) is 4.32. The quantitative estimate of drug-likeness (QED) is 0.572. The fourth-order valence-electron chi connectivity index (χ4n) is 4.65. The third-order valence-corrected chi connectivity index (χ3v) is 6.21. The molecule has 2 aromatic carbocycles. The lowest BCUT2D eigenvalue weighted by Gasteiger charge is -2.33. The van der Waals surface area contributed by atoms with E-state index in [1.54, 1.807) is 12.1 Å². The number of piperidine rings is 1. The smallest absolute Gasteiger partial charge is 0.269 e. The fraction of sp³-hybridized carbons (Fsp3) is 0.435. The highest BCUT2D eigenvalue weighted by molar-refractivity contribution is 5.97. The number of nitro groups is 1. The van der Waals surface area contributed by atoms with Crippen molar-refractivity contribution in [3.05, 3.63) is 69.8 Å². The van der Waals surface area contributed by atoms with Gasteiger partial charge in [0.25, 0.3) is 5.69 Å². The van der Waals surface area contributed by atoms with Gasteiger partial charge in [-0.1, -0.05) is 30.3 Å². The van der Waals surface area contributed by atoms with E-state index in [2.05, 4.69) is 17.9 Å². The van der Waals surface area contributed by atoms with Gasteiger partial charge in [0.2, 0.25) is 5.91 Å². The molecule has 1 saturated heterocycles. The van der Waals surface area contributed by atoms with Gasteiger partial charge in [-0.2, -0.15) is 0 Å². The van der Waals surface area contributed by atoms with Crippen LogP contribution in [0.4, 0.5) is 11.4 Å². The Labute approximate surface area is 171 Å². The van der Waals surface area contributed by atoms with Gasteiger partial charge in [-0.05, 0) is 68.8 Å². The summed E-state index contributed by atoms with van der Waals surface area (Å²) in [5.74, 6) is 0.755. The SMILES string of the molecule is CC1Cc2ccccc2N1C(=O)CN1CCC(Cc2ccc([N+](=O)[O-])cc2)CC1. The van der Waals surface area contributed by atoms with E-state index in [-0.39, 0.29) is 22.6 Å². The number of para-hydroxylation sites is 1. The average Bonchev–Trinajstić information content (AvgIpc) is 3.05. The number of hydrogen-bond donors (Lipinski definition) is 0. The van der Waals surface area contributed by atoms with Crippen LogP contribution in [0.1, 0.15) is 30.9 Å². The topological polar surface area (TPSA) is 66.7 Å². The molecular weight excluding hydrogens is 366 g/mol. The highest BCUT2D eigenvalue weighted by Gasteiger charge is 2.32. The van der Waals surface area contributed by atoms with E-state index >= 15 is 0 Å². The van der Waals surface area contributed by atoms with Crippen LogP contribution in [0.3, 0.4) is 0 Å². The highest BCUT2D eigenvalue weighted by Crippen LogP contribution is 2.32. The molecule has 1 fully saturated rings. The summed E-state index contributed by atoms with van der Waals surface area (Å²) < 4.78 is 0. The summed E-state index contributed by atoms with van der Waals surface area (Å²) in [6, 6.07) is 15.3. The van der Waals surface area contributed by atoms with Crippen LogP contribution < -0.4 is 4.90 Å². The second-order valence-corrected chi connectivity index (χ2v) is 8.29. The summed E-state index contributed by atoms with van der Waals surface area (Å²) in [5.41, 5.74) is 3.61. The lowest BCUT2D eigenvalue weighted by Crippen LogP contribution is -2.45. The van der Waals surface area contributed by atoms with Gasteiger partial charge in [0.05, 0.1) is 11.5 Å². The molecule has 6 nitrogen and oxygen atoms in total. The minimum Gasteiger partial charge on any atom is -0.308 e. The van der Waals surface area contributed by atoms with E-state index in [9.17, 15) is 14.9 Å². The van der Waals surface area contributed by atoms with Crippen molar-refractivity contribution in [2.24, 2.45) is 5.92 Å². The molecule has 0 spiro atoms. The average molecular weight is 393 g/mol. The lowest BCUT2D eigenvalue weighted by atomic mass is 9.90. The molecule has 0 radical (unpaired) electrons. The van der Waals surface area contributed by atoms with E-state index < -0.39 is 0 Å². The first-order valence-corrected chi connectivity index (χ1v) is 10.4. The van der Waals surface area contributed by atoms with Gasteiger partial charge in [-0.15, -0.1) is 0 Å². The van der Waals surface area contributed by atoms with Crippen molar-refractivity contribution >= 4 is 17.3 Å². The molecule has 6 heteroatoms. The Hall–Kier alpha value is -2.73. The molecule has 152 valence electrons. The maximum absolute atomic E-state index is 13.0. The Bertz CT molecular complexity index is 888. The molecule has 2 heterocycles. The molecule has 2 aliphatic heterocycles. The zero-order chi connectivity index (χ0) is 20.4. The molecule has 1 atom stereocenters. The molecule has 1 amide bonds. The maximum Gasteiger partial charge on any atom is 0.269 e. The van der Waals surface area contributed by atoms with Crippen molar-refractivity contribution in [1.82, 2.24) is 4.90 Å². The molecule has 0 saturated carbocycles. The monoisotopic (exact) mass is 393 g/mol. The van der Waals surface area contributed by atoms with Crippen molar-refractivity contribution in [3.8, 4) is 0 Å². The minimum absolute atomic E-state index is 0.139. The normalized spacial score (nSPS) is 19.9. The standard InChI is InChI=1S/C23H27N3O3/c1-17-14-20-4-2-3-5-22(20)25(17)23(27)16-24-12-10-19(11-13-24)15-18-6-8-21(9-7-18)26(28)29/h2-9,17,19H,10-16H2,1H3. The van der Waals surface area contributed by atoms with Crippen molar-refractivity contribution < 1.29 is 9.72 Å². The van der Waals surface area contributed by atoms with Crippen LogP contribution >= 0.6 is 0 Å². The van der Waals surface area contributed by atoms with E-state index in [4.69, 9.17) is 0 Å². The number of non-ortho nitro benzene ring substituents is 1. The number of carbonyl (C=O) groups is 1. The zero-order valence-electron chi connectivity index (χ0n) is 16.8. The minimum atomic E-state index is -0.362. The molecule has 4 rings (SSSR count). The fourth-order valence-corrected chi connectivity index (χ4v) is 4.65. The summed E-state index contributed by atoms with van der Waals surface area (Å²) in [4.78, 5) is 27.6. The number of hydrogen-bond acceptors (Lipinski definition) is 4. The van der Waals surface area contributed by atoms with Crippen molar-refractivity contribution in [2.75, 3.05) is 24.5 Å². The maximum atomic E-state index is 13.0. The molecule has 2 aliphatic rings. The summed E-state index contributed by atoms with van der Waals surface area (Å²) >= 11 is 0. The van der Waals surface area contributed by atoms with Gasteiger partial charge in [0, 0.05) is 23.9 Å². The van der Waals surface area contributed by atoms with Crippen LogP contribution in [-0.4, -0.2) is 41.4 Å². The van der Waals surface area contributed by atoms with Crippen LogP contribution in [0.2, 0.25) is 0 Å². The highest BCUT2D eigenvalue weighted by atomic mass is 16.6. The number of fused-ring (bicyclic) bond motifs is 1. The predicted molar refractivity (Wildman–Crippen MR) is 113 cm³/mol. The second kappa shape index (κ2) is 8.33. The van der Waals surface area contributed by atoms with Gasteiger partial charge >= 0.3 is 0 Å². The van der Waals surface area contributed by atoms with Gasteiger partial charge < -0.3 is 4.90 Å². The first-order chi connectivity index (χ1) is 14.0. The van der Waals surface area contributed by atoms with Crippen molar-refractivity contribution in [3.63, 3.8) is 0 Å². The second-order valence-electron chi connectivity index (χ2n) is 8.29. The number of benzene rings is 2. The van der Waals surface area contributed by atoms with Crippen LogP contribution in [-0.2, 0) is 17.6 Å². The van der Waals surface area contributed by atoms with Crippen LogP contribution in [0, 0.1) is 16.0 Å². The van der Waals surface area contributed by atoms with E-state index in [0.717, 1.165) is 50.0 Å². The van der Waals surface area contributed by atoms with E-state index in [0.29, 0.717) is 12.5 Å². The largest absolute Gasteiger partial charge is 0.308 e. The van der Waals surface area contributed by atoms with Crippen molar-refractivity contribution in [2.45, 2.75) is 38.6 Å². The molecule has 0 aliphatic carbocycles. The molecular formula is C23H27N3O3. The molecule has 29 heavy (non-hydrogen) atoms. The van der Waals surface area contributed by atoms with Crippen LogP contribution in [0.5, 0.6) is 0 Å². The zero-order valence-corrected chi connectivity index (χ0v) is 16.8. The number of amides is 1. The number of anilines is 1. The number of nitrogens with zero attached hydrogens (tertiary/aromatic N) is 3. The van der Waals surface area contributed by atoms with Crippen molar-refractivity contribution in [1.29, 1.82) is 0 Å². The van der Waals surface area contributed by atoms with E-state index in [1.165, 1.54) is 5.56 Å². The molecule has 2 aromatic rings. The number of rotatable bonds is 5. The Morgan fingerprint density at radius 2 is 1.79 bits per heavy atom. The molecule has 0 bridgehead atoms. The Morgan fingerprint density at radius 1 is 1.10 bits per heavy atom. The Morgan fingerprint density at radius 3 is 2.48 bits per heavy atom. The third-order valence-electron chi connectivity index (χ3n) is 6.21. The summed E-state index contributed by atoms with van der Waals surface area (Å²) in [5, 5.41) is 10.8. The predicted octanol–water partition coefficient (Wildman–Crippen LogP) is 3.83. The summed E-state index contributed by atoms with van der Waals surface area (Å²) in [7, 11) is 0. The first kappa shape index (κ1) is 19.6. The first-order valence-electron chi connectivity index (χ1n) is 10.4. The van der Waals surface area contributed by atoms with Gasteiger partial charge in [-0.3, -0.25) is 19.8 Å². The van der Waals surface area contributed by atoms with Crippen LogP contribution in [0.25, 0.3) is 0 Å². The molecule has 0 N–H and O–H groups in total. The number of nitro benzene ring substituents is 1. The summed E-state index contributed by atoms with van der Waals surface area (Å²) in [6.45, 7) is 4.44. The summed E-state index contributed by atoms with van der Waals surface area (Å²) in [6.07, 6.45) is 3.97. The Kier molecular flexibility index (Phi) is 5.62. The molecule has 1 unspecified atom stereocenters. The van der Waals surface area contributed by atoms with Crippen LogP contribution in [0.15, 0.2) is 48.5 Å². The number of likely N-dealkylation sites (tertiary alicyclic amines) is 1. The Balaban J connectivity index is 1.29. The van der Waals surface area contributed by atoms with E-state index in [1.807, 2.05) is 35.2 Å². The van der Waals surface area contributed by atoms with Gasteiger partial charge in [0.15, 0.2) is 0 Å². The number of carbonyl (C=O) groups excluding carboxylic acids is 1. The molecule has 0 aromatic heterocycles. The van der Waals surface area contributed by atoms with Gasteiger partial charge in [-0.25, -0.2) is 0 Å². The lowest BCUT2D eigenvalue weighted by molar-refractivity contribution is -0.384.